The van der Waals surface area contributed by atoms with E-state index in [4.69, 9.17) is 28.2 Å². The van der Waals surface area contributed by atoms with Gasteiger partial charge in [-0.1, -0.05) is 79.5 Å². The molecular formula is C23H24Cl2N4OS. The number of thioether (sulfide) groups is 1. The summed E-state index contributed by atoms with van der Waals surface area (Å²) in [7, 11) is 0. The summed E-state index contributed by atoms with van der Waals surface area (Å²) in [6, 6.07) is 14.8. The zero-order valence-electron chi connectivity index (χ0n) is 17.4. The van der Waals surface area contributed by atoms with E-state index in [1.807, 2.05) is 43.3 Å². The second-order valence-corrected chi connectivity index (χ2v) is 9.01. The normalized spacial score (nSPS) is 11.9. The molecule has 3 aromatic rings. The first-order valence-electron chi connectivity index (χ1n) is 10.2. The van der Waals surface area contributed by atoms with Crippen LogP contribution in [-0.4, -0.2) is 32.9 Å². The van der Waals surface area contributed by atoms with Crippen LogP contribution in [0.2, 0.25) is 10.0 Å². The molecule has 162 valence electrons. The topological polar surface area (TPSA) is 67.8 Å². The van der Waals surface area contributed by atoms with E-state index in [-0.39, 0.29) is 11.2 Å². The number of hydrogen-bond acceptors (Lipinski definition) is 5. The number of halogens is 2. The molecule has 0 aliphatic carbocycles. The summed E-state index contributed by atoms with van der Waals surface area (Å²) in [6.07, 6.45) is 2.66. The maximum Gasteiger partial charge on any atom is 0.233 e. The van der Waals surface area contributed by atoms with Crippen molar-refractivity contribution in [3.8, 4) is 22.5 Å². The van der Waals surface area contributed by atoms with Crippen molar-refractivity contribution in [2.75, 3.05) is 6.54 Å². The van der Waals surface area contributed by atoms with Crippen LogP contribution in [0.25, 0.3) is 22.5 Å². The SMILES string of the molecule is CCCCNC(=O)[C@@H](CC)Sc1nnc(-c2ccc(Cl)cc2)c(-c2ccc(Cl)cc2)n1. The first-order chi connectivity index (χ1) is 15.0. The number of carbonyl (C=O) groups excluding carboxylic acids is 1. The van der Waals surface area contributed by atoms with Crippen molar-refractivity contribution in [3.05, 3.63) is 58.6 Å². The van der Waals surface area contributed by atoms with Crippen molar-refractivity contribution in [3.63, 3.8) is 0 Å². The number of nitrogens with zero attached hydrogens (tertiary/aromatic N) is 3. The lowest BCUT2D eigenvalue weighted by atomic mass is 10.0. The highest BCUT2D eigenvalue weighted by Crippen LogP contribution is 2.32. The van der Waals surface area contributed by atoms with E-state index in [0.29, 0.717) is 39.6 Å². The van der Waals surface area contributed by atoms with E-state index in [9.17, 15) is 4.79 Å². The number of amides is 1. The number of nitrogens with one attached hydrogen (secondary N) is 1. The number of rotatable bonds is 9. The molecule has 0 fully saturated rings. The van der Waals surface area contributed by atoms with Crippen LogP contribution in [0.1, 0.15) is 33.1 Å². The molecule has 1 amide bonds. The summed E-state index contributed by atoms with van der Waals surface area (Å²) in [4.78, 5) is 17.3. The smallest absolute Gasteiger partial charge is 0.233 e. The number of aromatic nitrogens is 3. The molecule has 1 aromatic heterocycles. The van der Waals surface area contributed by atoms with E-state index < -0.39 is 0 Å². The average Bonchev–Trinajstić information content (AvgIpc) is 2.78. The van der Waals surface area contributed by atoms with Gasteiger partial charge in [-0.25, -0.2) is 4.98 Å². The van der Waals surface area contributed by atoms with Crippen molar-refractivity contribution in [1.82, 2.24) is 20.5 Å². The Morgan fingerprint density at radius 1 is 0.935 bits per heavy atom. The van der Waals surface area contributed by atoms with Gasteiger partial charge in [-0.3, -0.25) is 4.79 Å². The molecule has 0 radical (unpaired) electrons. The maximum atomic E-state index is 12.5. The number of unbranched alkanes of at least 4 members (excludes halogenated alkanes) is 1. The largest absolute Gasteiger partial charge is 0.355 e. The highest BCUT2D eigenvalue weighted by Gasteiger charge is 2.21. The molecule has 1 heterocycles. The fourth-order valence-electron chi connectivity index (χ4n) is 2.92. The third-order valence-corrected chi connectivity index (χ3v) is 6.36. The van der Waals surface area contributed by atoms with Gasteiger partial charge in [-0.2, -0.15) is 0 Å². The van der Waals surface area contributed by atoms with Gasteiger partial charge in [0, 0.05) is 27.7 Å². The minimum Gasteiger partial charge on any atom is -0.355 e. The third-order valence-electron chi connectivity index (χ3n) is 4.64. The molecule has 0 saturated carbocycles. The standard InChI is InChI=1S/C23H24Cl2N4OS/c1-3-5-14-26-22(30)19(4-2)31-23-27-20(15-6-10-17(24)11-7-15)21(28-29-23)16-8-12-18(25)13-9-16/h6-13,19H,3-5,14H2,1-2H3,(H,26,30)/t19-/m1/s1. The summed E-state index contributed by atoms with van der Waals surface area (Å²) < 4.78 is 0. The maximum absolute atomic E-state index is 12.5. The fraction of sp³-hybridized carbons (Fsp3) is 0.304. The molecule has 5 nitrogen and oxygen atoms in total. The van der Waals surface area contributed by atoms with Crippen molar-refractivity contribution in [1.29, 1.82) is 0 Å². The van der Waals surface area contributed by atoms with Gasteiger partial charge in [0.05, 0.1) is 5.25 Å². The Bertz CT molecular complexity index is 1010. The van der Waals surface area contributed by atoms with Crippen molar-refractivity contribution in [2.24, 2.45) is 0 Å². The van der Waals surface area contributed by atoms with Crippen LogP contribution in [-0.2, 0) is 4.79 Å². The number of benzene rings is 2. The summed E-state index contributed by atoms with van der Waals surface area (Å²) in [6.45, 7) is 4.75. The minimum absolute atomic E-state index is 0.000583. The second kappa shape index (κ2) is 11.5. The zero-order chi connectivity index (χ0) is 22.2. The van der Waals surface area contributed by atoms with Gasteiger partial charge in [-0.05, 0) is 37.1 Å². The zero-order valence-corrected chi connectivity index (χ0v) is 19.8. The van der Waals surface area contributed by atoms with E-state index in [0.717, 1.165) is 24.0 Å². The number of hydrogen-bond donors (Lipinski definition) is 1. The van der Waals surface area contributed by atoms with Crippen LogP contribution in [0.3, 0.4) is 0 Å². The summed E-state index contributed by atoms with van der Waals surface area (Å²) in [5.74, 6) is -0.000583. The molecule has 0 spiro atoms. The lowest BCUT2D eigenvalue weighted by Gasteiger charge is -2.15. The van der Waals surface area contributed by atoms with Gasteiger partial charge in [0.25, 0.3) is 0 Å². The second-order valence-electron chi connectivity index (χ2n) is 6.96. The Kier molecular flexibility index (Phi) is 8.69. The lowest BCUT2D eigenvalue weighted by Crippen LogP contribution is -2.33. The molecule has 1 N–H and O–H groups in total. The Balaban J connectivity index is 1.94. The number of carbonyl (C=O) groups is 1. The van der Waals surface area contributed by atoms with Crippen LogP contribution in [0.5, 0.6) is 0 Å². The van der Waals surface area contributed by atoms with Gasteiger partial charge in [0.15, 0.2) is 0 Å². The van der Waals surface area contributed by atoms with E-state index >= 15 is 0 Å². The Hall–Kier alpha value is -2.15. The van der Waals surface area contributed by atoms with Gasteiger partial charge in [0.1, 0.15) is 11.4 Å². The van der Waals surface area contributed by atoms with E-state index in [2.05, 4.69) is 22.4 Å². The van der Waals surface area contributed by atoms with Crippen LogP contribution in [0.4, 0.5) is 0 Å². The van der Waals surface area contributed by atoms with Crippen LogP contribution < -0.4 is 5.32 Å². The van der Waals surface area contributed by atoms with Crippen molar-refractivity contribution in [2.45, 2.75) is 43.5 Å². The average molecular weight is 475 g/mol. The van der Waals surface area contributed by atoms with Crippen molar-refractivity contribution >= 4 is 40.9 Å². The van der Waals surface area contributed by atoms with Gasteiger partial charge < -0.3 is 5.32 Å². The molecule has 8 heteroatoms. The lowest BCUT2D eigenvalue weighted by molar-refractivity contribution is -0.120. The van der Waals surface area contributed by atoms with Crippen LogP contribution in [0, 0.1) is 0 Å². The summed E-state index contributed by atoms with van der Waals surface area (Å²) >= 11 is 13.4. The predicted octanol–water partition coefficient (Wildman–Crippen LogP) is 6.30. The van der Waals surface area contributed by atoms with Crippen molar-refractivity contribution < 1.29 is 4.79 Å². The molecule has 2 aromatic carbocycles. The van der Waals surface area contributed by atoms with Gasteiger partial charge in [-0.15, -0.1) is 10.2 Å². The first-order valence-corrected chi connectivity index (χ1v) is 11.9. The molecule has 0 aliphatic rings. The fourth-order valence-corrected chi connectivity index (χ4v) is 4.02. The van der Waals surface area contributed by atoms with Gasteiger partial charge in [0.2, 0.25) is 11.1 Å². The molecule has 1 atom stereocenters. The monoisotopic (exact) mass is 474 g/mol. The quantitative estimate of drug-likeness (QED) is 0.291. The van der Waals surface area contributed by atoms with Gasteiger partial charge >= 0.3 is 0 Å². The molecule has 0 saturated heterocycles. The molecule has 3 rings (SSSR count). The Morgan fingerprint density at radius 3 is 2.06 bits per heavy atom. The van der Waals surface area contributed by atoms with E-state index in [1.165, 1.54) is 11.8 Å². The molecule has 0 unspecified atom stereocenters. The molecular weight excluding hydrogens is 451 g/mol. The van der Waals surface area contributed by atoms with Crippen LogP contribution in [0.15, 0.2) is 53.7 Å². The third kappa shape index (κ3) is 6.42. The summed E-state index contributed by atoms with van der Waals surface area (Å²) in [5.41, 5.74) is 3.04. The van der Waals surface area contributed by atoms with Crippen LogP contribution >= 0.6 is 35.0 Å². The summed E-state index contributed by atoms with van der Waals surface area (Å²) in [5, 5.41) is 13.2. The minimum atomic E-state index is -0.280. The predicted molar refractivity (Wildman–Crippen MR) is 129 cm³/mol. The Labute approximate surface area is 197 Å². The molecule has 0 bridgehead atoms. The molecule has 0 aliphatic heterocycles. The highest BCUT2D eigenvalue weighted by molar-refractivity contribution is 8.00. The Morgan fingerprint density at radius 2 is 1.52 bits per heavy atom. The first kappa shape index (κ1) is 23.5. The van der Waals surface area contributed by atoms with E-state index in [1.54, 1.807) is 12.1 Å². The highest BCUT2D eigenvalue weighted by atomic mass is 35.5. The molecule has 31 heavy (non-hydrogen) atoms.